The van der Waals surface area contributed by atoms with Crippen molar-refractivity contribution in [1.29, 1.82) is 0 Å². The standard InChI is InChI=1S/C18H25N/c1-3-5-8-14(4-2)13-16-12-11-15-9-6-7-10-17(15)18(16)19/h6-7,9-12,14H,3-5,8,13,19H2,1-2H3. The van der Waals surface area contributed by atoms with Gasteiger partial charge in [0.15, 0.2) is 0 Å². The molecule has 0 amide bonds. The van der Waals surface area contributed by atoms with E-state index in [9.17, 15) is 0 Å². The number of nitrogen functional groups attached to an aromatic ring is 1. The zero-order chi connectivity index (χ0) is 13.7. The van der Waals surface area contributed by atoms with E-state index in [-0.39, 0.29) is 0 Å². The van der Waals surface area contributed by atoms with Gasteiger partial charge in [0.2, 0.25) is 0 Å². The van der Waals surface area contributed by atoms with Gasteiger partial charge in [-0.2, -0.15) is 0 Å². The van der Waals surface area contributed by atoms with Crippen LogP contribution in [0.5, 0.6) is 0 Å². The van der Waals surface area contributed by atoms with Crippen LogP contribution in [0.15, 0.2) is 36.4 Å². The monoisotopic (exact) mass is 255 g/mol. The second-order valence-corrected chi connectivity index (χ2v) is 5.48. The fourth-order valence-electron chi connectivity index (χ4n) is 2.77. The lowest BCUT2D eigenvalue weighted by Crippen LogP contribution is -2.06. The molecule has 0 heterocycles. The highest BCUT2D eigenvalue weighted by Gasteiger charge is 2.10. The zero-order valence-corrected chi connectivity index (χ0v) is 12.2. The van der Waals surface area contributed by atoms with E-state index in [4.69, 9.17) is 5.73 Å². The van der Waals surface area contributed by atoms with Crippen LogP contribution in [0.4, 0.5) is 5.69 Å². The molecular formula is C18H25N. The smallest absolute Gasteiger partial charge is 0.0426 e. The summed E-state index contributed by atoms with van der Waals surface area (Å²) in [5.74, 6) is 0.767. The normalized spacial score (nSPS) is 12.7. The molecule has 0 aliphatic heterocycles. The minimum absolute atomic E-state index is 0.767. The molecule has 0 saturated carbocycles. The van der Waals surface area contributed by atoms with E-state index in [1.54, 1.807) is 0 Å². The third-order valence-corrected chi connectivity index (χ3v) is 4.11. The van der Waals surface area contributed by atoms with Gasteiger partial charge in [0.25, 0.3) is 0 Å². The Morgan fingerprint density at radius 3 is 2.58 bits per heavy atom. The van der Waals surface area contributed by atoms with E-state index >= 15 is 0 Å². The van der Waals surface area contributed by atoms with E-state index in [1.165, 1.54) is 42.0 Å². The molecule has 0 bridgehead atoms. The van der Waals surface area contributed by atoms with Crippen molar-refractivity contribution >= 4 is 16.5 Å². The fraction of sp³-hybridized carbons (Fsp3) is 0.444. The number of rotatable bonds is 6. The second-order valence-electron chi connectivity index (χ2n) is 5.48. The number of nitrogens with two attached hydrogens (primary N) is 1. The van der Waals surface area contributed by atoms with Crippen molar-refractivity contribution in [3.63, 3.8) is 0 Å². The maximum absolute atomic E-state index is 6.35. The van der Waals surface area contributed by atoms with Crippen LogP contribution in [0.1, 0.15) is 45.1 Å². The Morgan fingerprint density at radius 2 is 1.84 bits per heavy atom. The highest BCUT2D eigenvalue weighted by atomic mass is 14.6. The summed E-state index contributed by atoms with van der Waals surface area (Å²) in [5, 5.41) is 2.44. The van der Waals surface area contributed by atoms with E-state index in [2.05, 4.69) is 50.2 Å². The van der Waals surface area contributed by atoms with Crippen molar-refractivity contribution in [3.8, 4) is 0 Å². The molecule has 19 heavy (non-hydrogen) atoms. The summed E-state index contributed by atoms with van der Waals surface area (Å²) in [6, 6.07) is 12.8. The highest BCUT2D eigenvalue weighted by molar-refractivity contribution is 5.94. The van der Waals surface area contributed by atoms with Crippen LogP contribution in [-0.4, -0.2) is 0 Å². The van der Waals surface area contributed by atoms with Gasteiger partial charge >= 0.3 is 0 Å². The first-order valence-electron chi connectivity index (χ1n) is 7.52. The summed E-state index contributed by atoms with van der Waals surface area (Å²) in [7, 11) is 0. The van der Waals surface area contributed by atoms with Gasteiger partial charge in [0.05, 0.1) is 0 Å². The molecular weight excluding hydrogens is 230 g/mol. The van der Waals surface area contributed by atoms with Crippen LogP contribution in [0.2, 0.25) is 0 Å². The molecule has 102 valence electrons. The van der Waals surface area contributed by atoms with Gasteiger partial charge in [-0.25, -0.2) is 0 Å². The quantitative estimate of drug-likeness (QED) is 0.707. The van der Waals surface area contributed by atoms with Crippen molar-refractivity contribution in [2.45, 2.75) is 46.0 Å². The minimum Gasteiger partial charge on any atom is -0.398 e. The van der Waals surface area contributed by atoms with E-state index < -0.39 is 0 Å². The number of hydrogen-bond acceptors (Lipinski definition) is 1. The van der Waals surface area contributed by atoms with Crippen molar-refractivity contribution < 1.29 is 0 Å². The Balaban J connectivity index is 2.22. The average molecular weight is 255 g/mol. The largest absolute Gasteiger partial charge is 0.398 e. The molecule has 0 aliphatic rings. The summed E-state index contributed by atoms with van der Waals surface area (Å²) >= 11 is 0. The van der Waals surface area contributed by atoms with E-state index in [0.29, 0.717) is 0 Å². The van der Waals surface area contributed by atoms with Gasteiger partial charge in [-0.15, -0.1) is 0 Å². The van der Waals surface area contributed by atoms with Crippen LogP contribution < -0.4 is 5.73 Å². The Hall–Kier alpha value is -1.50. The summed E-state index contributed by atoms with van der Waals surface area (Å²) in [4.78, 5) is 0. The minimum atomic E-state index is 0.767. The van der Waals surface area contributed by atoms with Crippen LogP contribution in [0, 0.1) is 5.92 Å². The van der Waals surface area contributed by atoms with Crippen molar-refractivity contribution in [1.82, 2.24) is 0 Å². The topological polar surface area (TPSA) is 26.0 Å². The molecule has 1 atom stereocenters. The number of benzene rings is 2. The third kappa shape index (κ3) is 3.28. The molecule has 2 rings (SSSR count). The van der Waals surface area contributed by atoms with Gasteiger partial charge in [-0.3, -0.25) is 0 Å². The van der Waals surface area contributed by atoms with Crippen LogP contribution in [0.25, 0.3) is 10.8 Å². The number of hydrogen-bond donors (Lipinski definition) is 1. The molecule has 2 aromatic rings. The van der Waals surface area contributed by atoms with E-state index in [0.717, 1.165) is 18.0 Å². The fourth-order valence-corrected chi connectivity index (χ4v) is 2.77. The van der Waals surface area contributed by atoms with Gasteiger partial charge in [-0.1, -0.05) is 75.9 Å². The molecule has 1 heteroatoms. The van der Waals surface area contributed by atoms with Gasteiger partial charge in [0.1, 0.15) is 0 Å². The van der Waals surface area contributed by atoms with Gasteiger partial charge in [-0.05, 0) is 23.3 Å². The molecule has 2 N–H and O–H groups in total. The molecule has 2 aromatic carbocycles. The number of anilines is 1. The first kappa shape index (κ1) is 13.9. The first-order chi connectivity index (χ1) is 9.26. The van der Waals surface area contributed by atoms with Crippen molar-refractivity contribution in [2.75, 3.05) is 5.73 Å². The maximum Gasteiger partial charge on any atom is 0.0426 e. The highest BCUT2D eigenvalue weighted by Crippen LogP contribution is 2.28. The molecule has 0 aliphatic carbocycles. The summed E-state index contributed by atoms with van der Waals surface area (Å²) in [6.07, 6.45) is 6.29. The predicted molar refractivity (Wildman–Crippen MR) is 85.4 cm³/mol. The molecule has 1 unspecified atom stereocenters. The maximum atomic E-state index is 6.35. The second kappa shape index (κ2) is 6.60. The summed E-state index contributed by atoms with van der Waals surface area (Å²) in [5.41, 5.74) is 8.65. The molecule has 0 aromatic heterocycles. The lowest BCUT2D eigenvalue weighted by Gasteiger charge is -2.17. The van der Waals surface area contributed by atoms with Crippen LogP contribution >= 0.6 is 0 Å². The average Bonchev–Trinajstić information content (AvgIpc) is 2.46. The van der Waals surface area contributed by atoms with Crippen molar-refractivity contribution in [2.24, 2.45) is 5.92 Å². The number of fused-ring (bicyclic) bond motifs is 1. The Morgan fingerprint density at radius 1 is 1.05 bits per heavy atom. The van der Waals surface area contributed by atoms with Gasteiger partial charge < -0.3 is 5.73 Å². The molecule has 1 nitrogen and oxygen atoms in total. The molecule has 0 radical (unpaired) electrons. The third-order valence-electron chi connectivity index (χ3n) is 4.11. The Labute approximate surface area is 116 Å². The van der Waals surface area contributed by atoms with E-state index in [1.807, 2.05) is 0 Å². The lowest BCUT2D eigenvalue weighted by atomic mass is 9.90. The molecule has 0 fully saturated rings. The SMILES string of the molecule is CCCCC(CC)Cc1ccc2ccccc2c1N. The van der Waals surface area contributed by atoms with Crippen molar-refractivity contribution in [3.05, 3.63) is 42.0 Å². The summed E-state index contributed by atoms with van der Waals surface area (Å²) < 4.78 is 0. The molecule has 0 saturated heterocycles. The van der Waals surface area contributed by atoms with Crippen LogP contribution in [-0.2, 0) is 6.42 Å². The summed E-state index contributed by atoms with van der Waals surface area (Å²) in [6.45, 7) is 4.55. The Bertz CT molecular complexity index is 530. The predicted octanol–water partition coefficient (Wildman–Crippen LogP) is 5.18. The first-order valence-corrected chi connectivity index (χ1v) is 7.52. The lowest BCUT2D eigenvalue weighted by molar-refractivity contribution is 0.450. The van der Waals surface area contributed by atoms with Gasteiger partial charge in [0, 0.05) is 11.1 Å². The van der Waals surface area contributed by atoms with Crippen LogP contribution in [0.3, 0.4) is 0 Å². The Kier molecular flexibility index (Phi) is 4.84. The molecule has 0 spiro atoms. The zero-order valence-electron chi connectivity index (χ0n) is 12.2. The number of unbranched alkanes of at least 4 members (excludes halogenated alkanes) is 1.